The fourth-order valence-corrected chi connectivity index (χ4v) is 2.91. The Bertz CT molecular complexity index is 972. The van der Waals surface area contributed by atoms with Gasteiger partial charge < -0.3 is 9.15 Å². The van der Waals surface area contributed by atoms with Crippen molar-refractivity contribution in [3.05, 3.63) is 71.0 Å². The quantitative estimate of drug-likeness (QED) is 0.613. The van der Waals surface area contributed by atoms with Crippen LogP contribution in [0.1, 0.15) is 41.1 Å². The molecule has 1 aliphatic heterocycles. The third-order valence-electron chi connectivity index (χ3n) is 4.25. The second-order valence-corrected chi connectivity index (χ2v) is 6.74. The molecule has 0 aliphatic carbocycles. The van der Waals surface area contributed by atoms with Gasteiger partial charge in [0.05, 0.1) is 5.56 Å². The van der Waals surface area contributed by atoms with Crippen LogP contribution in [-0.2, 0) is 0 Å². The summed E-state index contributed by atoms with van der Waals surface area (Å²) in [5.41, 5.74) is 2.98. The van der Waals surface area contributed by atoms with E-state index in [2.05, 4.69) is 0 Å². The summed E-state index contributed by atoms with van der Waals surface area (Å²) >= 11 is 0. The minimum atomic E-state index is -0.339. The lowest BCUT2D eigenvalue weighted by atomic mass is 10.0. The Hall–Kier alpha value is -2.81. The molecular weight excluding hydrogens is 300 g/mol. The molecule has 0 fully saturated rings. The van der Waals surface area contributed by atoms with Gasteiger partial charge in [0.2, 0.25) is 5.78 Å². The summed E-state index contributed by atoms with van der Waals surface area (Å²) in [6.07, 6.45) is 4.00. The van der Waals surface area contributed by atoms with Crippen LogP contribution >= 0.6 is 0 Å². The highest BCUT2D eigenvalue weighted by Crippen LogP contribution is 2.37. The Kier molecular flexibility index (Phi) is 3.14. The lowest BCUT2D eigenvalue weighted by Crippen LogP contribution is -2.27. The van der Waals surface area contributed by atoms with E-state index < -0.39 is 0 Å². The molecule has 2 heterocycles. The summed E-state index contributed by atoms with van der Waals surface area (Å²) < 4.78 is 11.9. The molecule has 24 heavy (non-hydrogen) atoms. The van der Waals surface area contributed by atoms with Crippen LogP contribution in [0.2, 0.25) is 0 Å². The molecule has 0 N–H and O–H groups in total. The Morgan fingerprint density at radius 1 is 1.04 bits per heavy atom. The average Bonchev–Trinajstić information content (AvgIpc) is 2.98. The second kappa shape index (κ2) is 5.10. The number of hydrogen-bond donors (Lipinski definition) is 0. The molecule has 0 spiro atoms. The first-order valence-corrected chi connectivity index (χ1v) is 7.99. The van der Waals surface area contributed by atoms with Gasteiger partial charge in [-0.25, -0.2) is 0 Å². The zero-order valence-corrected chi connectivity index (χ0v) is 13.9. The third kappa shape index (κ3) is 2.42. The van der Waals surface area contributed by atoms with Crippen molar-refractivity contribution in [3.63, 3.8) is 0 Å². The van der Waals surface area contributed by atoms with Gasteiger partial charge in [0, 0.05) is 10.9 Å². The van der Waals surface area contributed by atoms with Crippen LogP contribution in [0.3, 0.4) is 0 Å². The first-order chi connectivity index (χ1) is 11.4. The minimum Gasteiger partial charge on any atom is -0.483 e. The van der Waals surface area contributed by atoms with Gasteiger partial charge in [0.25, 0.3) is 0 Å². The highest BCUT2D eigenvalue weighted by atomic mass is 16.5. The fraction of sp³-hybridized carbons (Fsp3) is 0.190. The molecule has 3 nitrogen and oxygen atoms in total. The van der Waals surface area contributed by atoms with Gasteiger partial charge in [-0.15, -0.1) is 0 Å². The van der Waals surface area contributed by atoms with E-state index in [1.165, 1.54) is 0 Å². The van der Waals surface area contributed by atoms with E-state index in [0.29, 0.717) is 16.9 Å². The molecule has 3 heteroatoms. The van der Waals surface area contributed by atoms with Gasteiger partial charge in [-0.3, -0.25) is 4.79 Å². The van der Waals surface area contributed by atoms with Crippen molar-refractivity contribution in [2.24, 2.45) is 0 Å². The van der Waals surface area contributed by atoms with Crippen LogP contribution in [0.25, 0.3) is 17.0 Å². The topological polar surface area (TPSA) is 39.4 Å². The van der Waals surface area contributed by atoms with Gasteiger partial charge in [0.1, 0.15) is 16.9 Å². The highest BCUT2D eigenvalue weighted by molar-refractivity contribution is 6.09. The SMILES string of the molecule is Cc1ccc(C(=O)c2cc3ccc4c(c3o2)C=CC(C)(C)O4)cc1. The lowest BCUT2D eigenvalue weighted by Gasteiger charge is -2.27. The number of aryl methyl sites for hydroxylation is 1. The standard InChI is InChI=1S/C21H18O3/c1-13-4-6-14(7-5-13)19(22)18-12-15-8-9-17-16(20(15)23-18)10-11-21(2,3)24-17/h4-12H,1-3H3. The normalized spacial score (nSPS) is 15.1. The third-order valence-corrected chi connectivity index (χ3v) is 4.25. The van der Waals surface area contributed by atoms with E-state index in [0.717, 1.165) is 22.3 Å². The number of fused-ring (bicyclic) bond motifs is 3. The van der Waals surface area contributed by atoms with E-state index in [1.807, 2.05) is 69.3 Å². The number of ether oxygens (including phenoxy) is 1. The Morgan fingerprint density at radius 2 is 1.79 bits per heavy atom. The fourth-order valence-electron chi connectivity index (χ4n) is 2.91. The monoisotopic (exact) mass is 318 g/mol. The molecule has 0 amide bonds. The Balaban J connectivity index is 1.79. The highest BCUT2D eigenvalue weighted by Gasteiger charge is 2.25. The van der Waals surface area contributed by atoms with Crippen molar-refractivity contribution in [2.75, 3.05) is 0 Å². The number of carbonyl (C=O) groups excluding carboxylic acids is 1. The first-order valence-electron chi connectivity index (χ1n) is 7.99. The van der Waals surface area contributed by atoms with E-state index in [1.54, 1.807) is 6.07 Å². The van der Waals surface area contributed by atoms with E-state index in [9.17, 15) is 4.79 Å². The molecule has 1 aliphatic rings. The Morgan fingerprint density at radius 3 is 2.54 bits per heavy atom. The van der Waals surface area contributed by atoms with Crippen molar-refractivity contribution in [3.8, 4) is 5.75 Å². The second-order valence-electron chi connectivity index (χ2n) is 6.74. The molecule has 0 atom stereocenters. The van der Waals surface area contributed by atoms with Crippen molar-refractivity contribution in [1.82, 2.24) is 0 Å². The largest absolute Gasteiger partial charge is 0.483 e. The number of rotatable bonds is 2. The van der Waals surface area contributed by atoms with Crippen LogP contribution in [0.4, 0.5) is 0 Å². The summed E-state index contributed by atoms with van der Waals surface area (Å²) in [5.74, 6) is 1.01. The number of benzene rings is 2. The summed E-state index contributed by atoms with van der Waals surface area (Å²) in [4.78, 5) is 12.7. The van der Waals surface area contributed by atoms with Crippen molar-refractivity contribution < 1.29 is 13.9 Å². The molecule has 0 bridgehead atoms. The molecule has 1 aromatic heterocycles. The van der Waals surface area contributed by atoms with Gasteiger partial charge in [-0.2, -0.15) is 0 Å². The van der Waals surface area contributed by atoms with Crippen LogP contribution in [0, 0.1) is 6.92 Å². The van der Waals surface area contributed by atoms with Crippen LogP contribution in [0.5, 0.6) is 5.75 Å². The Labute approximate surface area is 140 Å². The first kappa shape index (κ1) is 14.8. The van der Waals surface area contributed by atoms with Crippen LogP contribution in [0.15, 0.2) is 53.0 Å². The van der Waals surface area contributed by atoms with Gasteiger partial charge in [0.15, 0.2) is 5.76 Å². The molecule has 3 aromatic rings. The molecular formula is C21H18O3. The summed E-state index contributed by atoms with van der Waals surface area (Å²) in [7, 11) is 0. The molecule has 0 saturated heterocycles. The zero-order chi connectivity index (χ0) is 16.9. The maximum Gasteiger partial charge on any atom is 0.228 e. The predicted octanol–water partition coefficient (Wildman–Crippen LogP) is 5.16. The summed E-state index contributed by atoms with van der Waals surface area (Å²) in [6, 6.07) is 13.2. The average molecular weight is 318 g/mol. The molecule has 2 aromatic carbocycles. The summed E-state index contributed by atoms with van der Waals surface area (Å²) in [6.45, 7) is 6.01. The van der Waals surface area contributed by atoms with Crippen molar-refractivity contribution in [2.45, 2.75) is 26.4 Å². The number of carbonyl (C=O) groups is 1. The molecule has 0 saturated carbocycles. The number of furan rings is 1. The van der Waals surface area contributed by atoms with Gasteiger partial charge >= 0.3 is 0 Å². The number of hydrogen-bond acceptors (Lipinski definition) is 3. The van der Waals surface area contributed by atoms with E-state index in [4.69, 9.17) is 9.15 Å². The van der Waals surface area contributed by atoms with Crippen molar-refractivity contribution in [1.29, 1.82) is 0 Å². The van der Waals surface area contributed by atoms with Crippen LogP contribution in [-0.4, -0.2) is 11.4 Å². The summed E-state index contributed by atoms with van der Waals surface area (Å²) in [5, 5.41) is 0.900. The zero-order valence-electron chi connectivity index (χ0n) is 13.9. The lowest BCUT2D eigenvalue weighted by molar-refractivity contribution is 0.101. The molecule has 120 valence electrons. The van der Waals surface area contributed by atoms with E-state index in [-0.39, 0.29) is 11.4 Å². The van der Waals surface area contributed by atoms with E-state index >= 15 is 0 Å². The van der Waals surface area contributed by atoms with Gasteiger partial charge in [-0.05, 0) is 51.1 Å². The van der Waals surface area contributed by atoms with Crippen LogP contribution < -0.4 is 4.74 Å². The number of ketones is 1. The minimum absolute atomic E-state index is 0.110. The molecule has 0 radical (unpaired) electrons. The molecule has 4 rings (SSSR count). The van der Waals surface area contributed by atoms with Crippen molar-refractivity contribution >= 4 is 22.8 Å². The van der Waals surface area contributed by atoms with Gasteiger partial charge in [-0.1, -0.05) is 29.8 Å². The maximum absolute atomic E-state index is 12.7. The smallest absolute Gasteiger partial charge is 0.228 e. The maximum atomic E-state index is 12.7. The predicted molar refractivity (Wildman–Crippen MR) is 94.6 cm³/mol. The molecule has 0 unspecified atom stereocenters.